The van der Waals surface area contributed by atoms with E-state index in [1.165, 1.54) is 11.1 Å². The van der Waals surface area contributed by atoms with Gasteiger partial charge in [-0.15, -0.1) is 0 Å². The molecule has 102 valence electrons. The molecule has 2 heteroatoms. The molecule has 2 nitrogen and oxygen atoms in total. The molecule has 1 aromatic rings. The monoisotopic (exact) mass is 258 g/mol. The second kappa shape index (κ2) is 7.47. The minimum atomic E-state index is 0.641. The number of aryl methyl sites for hydroxylation is 1. The predicted octanol–water partition coefficient (Wildman–Crippen LogP) is 4.17. The molecule has 0 aromatic heterocycles. The van der Waals surface area contributed by atoms with Crippen molar-refractivity contribution in [3.8, 4) is 0 Å². The Bertz CT molecular complexity index is 478. The van der Waals surface area contributed by atoms with E-state index in [1.54, 1.807) is 14.2 Å². The van der Waals surface area contributed by atoms with Crippen LogP contribution in [-0.4, -0.2) is 14.2 Å². The Morgan fingerprint density at radius 1 is 1.11 bits per heavy atom. The molecule has 0 N–H and O–H groups in total. The number of hydrogen-bond donors (Lipinski definition) is 0. The molecule has 0 aliphatic rings. The Kier molecular flexibility index (Phi) is 5.94. The number of methoxy groups -OCH3 is 2. The topological polar surface area (TPSA) is 18.5 Å². The third kappa shape index (κ3) is 5.47. The highest BCUT2D eigenvalue weighted by atomic mass is 16.5. The lowest BCUT2D eigenvalue weighted by Gasteiger charge is -2.07. The second-order valence-electron chi connectivity index (χ2n) is 4.51. The molecular formula is C17H22O2. The summed E-state index contributed by atoms with van der Waals surface area (Å²) in [6, 6.07) is 8.50. The van der Waals surface area contributed by atoms with E-state index in [-0.39, 0.29) is 0 Å². The van der Waals surface area contributed by atoms with Crippen molar-refractivity contribution in [2.45, 2.75) is 20.3 Å². The van der Waals surface area contributed by atoms with Gasteiger partial charge in [-0.3, -0.25) is 0 Å². The van der Waals surface area contributed by atoms with Gasteiger partial charge >= 0.3 is 0 Å². The zero-order valence-electron chi connectivity index (χ0n) is 12.2. The molecule has 0 aliphatic heterocycles. The molecule has 1 aromatic carbocycles. The SMILES string of the molecule is C=C(/C=C(\C=C(/C)OC)Cc1ccc(C)cc1)OC. The van der Waals surface area contributed by atoms with Gasteiger partial charge in [-0.1, -0.05) is 36.4 Å². The average molecular weight is 258 g/mol. The first-order valence-corrected chi connectivity index (χ1v) is 6.26. The highest BCUT2D eigenvalue weighted by molar-refractivity contribution is 5.34. The predicted molar refractivity (Wildman–Crippen MR) is 79.9 cm³/mol. The Labute approximate surface area is 116 Å². The third-order valence-corrected chi connectivity index (χ3v) is 2.85. The van der Waals surface area contributed by atoms with Crippen molar-refractivity contribution >= 4 is 0 Å². The van der Waals surface area contributed by atoms with E-state index in [4.69, 9.17) is 9.47 Å². The molecule has 0 bridgehead atoms. The summed E-state index contributed by atoms with van der Waals surface area (Å²) in [6.07, 6.45) is 4.76. The van der Waals surface area contributed by atoms with Gasteiger partial charge < -0.3 is 9.47 Å². The van der Waals surface area contributed by atoms with E-state index in [0.29, 0.717) is 5.76 Å². The minimum absolute atomic E-state index is 0.641. The van der Waals surface area contributed by atoms with Gasteiger partial charge in [0.05, 0.1) is 20.0 Å². The van der Waals surface area contributed by atoms with Crippen LogP contribution in [0, 0.1) is 6.92 Å². The summed E-state index contributed by atoms with van der Waals surface area (Å²) in [5, 5.41) is 0. The van der Waals surface area contributed by atoms with Crippen LogP contribution in [0.15, 0.2) is 60.1 Å². The van der Waals surface area contributed by atoms with Crippen LogP contribution in [0.4, 0.5) is 0 Å². The van der Waals surface area contributed by atoms with Crippen LogP contribution in [0.5, 0.6) is 0 Å². The number of rotatable bonds is 6. The van der Waals surface area contributed by atoms with Crippen LogP contribution < -0.4 is 0 Å². The molecule has 0 fully saturated rings. The van der Waals surface area contributed by atoms with Gasteiger partial charge in [0.2, 0.25) is 0 Å². The van der Waals surface area contributed by atoms with Crippen molar-refractivity contribution in [1.82, 2.24) is 0 Å². The first-order chi connectivity index (χ1) is 9.05. The van der Waals surface area contributed by atoms with E-state index in [1.807, 2.05) is 19.1 Å². The van der Waals surface area contributed by atoms with Crippen LogP contribution in [0.25, 0.3) is 0 Å². The normalized spacial score (nSPS) is 12.2. The minimum Gasteiger partial charge on any atom is -0.501 e. The molecule has 0 amide bonds. The van der Waals surface area contributed by atoms with Crippen molar-refractivity contribution < 1.29 is 9.47 Å². The van der Waals surface area contributed by atoms with Crippen molar-refractivity contribution in [2.75, 3.05) is 14.2 Å². The van der Waals surface area contributed by atoms with Gasteiger partial charge in [-0.25, -0.2) is 0 Å². The van der Waals surface area contributed by atoms with E-state index in [2.05, 4.69) is 37.8 Å². The van der Waals surface area contributed by atoms with Gasteiger partial charge in [0.15, 0.2) is 0 Å². The molecule has 0 aliphatic carbocycles. The molecule has 1 rings (SSSR count). The lowest BCUT2D eigenvalue weighted by atomic mass is 10.0. The van der Waals surface area contributed by atoms with Crippen LogP contribution in [0.3, 0.4) is 0 Å². The highest BCUT2D eigenvalue weighted by Gasteiger charge is 2.00. The van der Waals surface area contributed by atoms with Gasteiger partial charge in [-0.05, 0) is 43.6 Å². The highest BCUT2D eigenvalue weighted by Crippen LogP contribution is 2.14. The van der Waals surface area contributed by atoms with Gasteiger partial charge in [0.25, 0.3) is 0 Å². The van der Waals surface area contributed by atoms with Crippen LogP contribution >= 0.6 is 0 Å². The molecule has 0 saturated heterocycles. The Hall–Kier alpha value is -1.96. The Morgan fingerprint density at radius 2 is 1.74 bits per heavy atom. The zero-order chi connectivity index (χ0) is 14.3. The first kappa shape index (κ1) is 15.1. The molecule has 19 heavy (non-hydrogen) atoms. The average Bonchev–Trinajstić information content (AvgIpc) is 2.40. The molecular weight excluding hydrogens is 236 g/mol. The maximum atomic E-state index is 5.20. The van der Waals surface area contributed by atoms with Gasteiger partial charge in [0, 0.05) is 0 Å². The third-order valence-electron chi connectivity index (χ3n) is 2.85. The molecule has 0 radical (unpaired) electrons. The molecule has 0 heterocycles. The number of benzene rings is 1. The van der Waals surface area contributed by atoms with E-state index >= 15 is 0 Å². The summed E-state index contributed by atoms with van der Waals surface area (Å²) in [6.45, 7) is 7.85. The molecule has 0 unspecified atom stereocenters. The Morgan fingerprint density at radius 3 is 2.26 bits per heavy atom. The maximum absolute atomic E-state index is 5.20. The van der Waals surface area contributed by atoms with Crippen molar-refractivity contribution in [3.63, 3.8) is 0 Å². The summed E-state index contributed by atoms with van der Waals surface area (Å²) in [4.78, 5) is 0. The Balaban J connectivity index is 2.94. The number of allylic oxidation sites excluding steroid dienone is 4. The van der Waals surface area contributed by atoms with Gasteiger partial charge in [0.1, 0.15) is 5.76 Å². The van der Waals surface area contributed by atoms with Gasteiger partial charge in [-0.2, -0.15) is 0 Å². The van der Waals surface area contributed by atoms with E-state index in [0.717, 1.165) is 17.8 Å². The van der Waals surface area contributed by atoms with Crippen LogP contribution in [0.2, 0.25) is 0 Å². The molecule has 0 spiro atoms. The fraction of sp³-hybridized carbons (Fsp3) is 0.294. The lowest BCUT2D eigenvalue weighted by Crippen LogP contribution is -1.93. The van der Waals surface area contributed by atoms with Crippen molar-refractivity contribution in [2.24, 2.45) is 0 Å². The van der Waals surface area contributed by atoms with Crippen molar-refractivity contribution in [1.29, 1.82) is 0 Å². The van der Waals surface area contributed by atoms with Crippen molar-refractivity contribution in [3.05, 3.63) is 71.2 Å². The summed E-state index contributed by atoms with van der Waals surface area (Å²) >= 11 is 0. The fourth-order valence-electron chi connectivity index (χ4n) is 1.67. The molecule has 0 saturated carbocycles. The van der Waals surface area contributed by atoms with Crippen LogP contribution in [0.1, 0.15) is 18.1 Å². The fourth-order valence-corrected chi connectivity index (χ4v) is 1.67. The standard InChI is InChI=1S/C17H22O2/c1-13-6-8-16(9-7-13)12-17(10-14(2)18-4)11-15(3)19-5/h6-11H,2,12H2,1,3-5H3/b15-11+,17-10+. The summed E-state index contributed by atoms with van der Waals surface area (Å²) in [5.74, 6) is 1.50. The summed E-state index contributed by atoms with van der Waals surface area (Å²) < 4.78 is 10.3. The number of ether oxygens (including phenoxy) is 2. The zero-order valence-corrected chi connectivity index (χ0v) is 12.2. The maximum Gasteiger partial charge on any atom is 0.111 e. The summed E-state index contributed by atoms with van der Waals surface area (Å²) in [7, 11) is 3.29. The van der Waals surface area contributed by atoms with E-state index < -0.39 is 0 Å². The number of hydrogen-bond acceptors (Lipinski definition) is 2. The largest absolute Gasteiger partial charge is 0.501 e. The molecule has 0 atom stereocenters. The quantitative estimate of drug-likeness (QED) is 0.563. The van der Waals surface area contributed by atoms with E-state index in [9.17, 15) is 0 Å². The lowest BCUT2D eigenvalue weighted by molar-refractivity contribution is 0.293. The smallest absolute Gasteiger partial charge is 0.111 e. The van der Waals surface area contributed by atoms with Crippen LogP contribution in [-0.2, 0) is 15.9 Å². The summed E-state index contributed by atoms with van der Waals surface area (Å²) in [5.41, 5.74) is 3.62. The second-order valence-corrected chi connectivity index (χ2v) is 4.51. The first-order valence-electron chi connectivity index (χ1n) is 6.26.